The van der Waals surface area contributed by atoms with Crippen LogP contribution in [0.3, 0.4) is 0 Å². The molecule has 5 nitrogen and oxygen atoms in total. The first-order valence-corrected chi connectivity index (χ1v) is 7.40. The number of carbonyl (C=O) groups is 2. The third-order valence-corrected chi connectivity index (χ3v) is 2.83. The monoisotopic (exact) mass is 291 g/mol. The van der Waals surface area contributed by atoms with Crippen molar-refractivity contribution in [1.82, 2.24) is 0 Å². The highest BCUT2D eigenvalue weighted by atomic mass is 32.1. The second kappa shape index (κ2) is 13.8. The number of ketones is 1. The van der Waals surface area contributed by atoms with Crippen molar-refractivity contribution < 1.29 is 19.1 Å². The lowest BCUT2D eigenvalue weighted by molar-refractivity contribution is -0.143. The number of carbonyl (C=O) groups excluding carboxylic acids is 2. The Morgan fingerprint density at radius 3 is 2.37 bits per heavy atom. The van der Waals surface area contributed by atoms with Crippen LogP contribution in [0.1, 0.15) is 38.5 Å². The third kappa shape index (κ3) is 13.6. The van der Waals surface area contributed by atoms with Crippen molar-refractivity contribution >= 4 is 24.4 Å². The van der Waals surface area contributed by atoms with E-state index < -0.39 is 5.97 Å². The first-order valence-electron chi connectivity index (χ1n) is 6.76. The Morgan fingerprint density at radius 2 is 1.68 bits per heavy atom. The fourth-order valence-electron chi connectivity index (χ4n) is 1.48. The summed E-state index contributed by atoms with van der Waals surface area (Å²) < 4.78 is 9.97. The van der Waals surface area contributed by atoms with Crippen molar-refractivity contribution in [3.8, 4) is 0 Å². The number of thiol groups is 1. The van der Waals surface area contributed by atoms with Crippen molar-refractivity contribution in [1.29, 1.82) is 0 Å². The number of nitrogens with two attached hydrogens (primary N) is 1. The zero-order valence-electron chi connectivity index (χ0n) is 11.4. The Hall–Kier alpha value is -0.590. The standard InChI is InChI=1S/C13H25NO4S/c14-11-13(16)18-9-8-17-7-4-6-12(15)5-2-1-3-10-19/h19H,1-11,14H2. The Kier molecular flexibility index (Phi) is 13.4. The molecular weight excluding hydrogens is 266 g/mol. The van der Waals surface area contributed by atoms with Gasteiger partial charge < -0.3 is 15.2 Å². The van der Waals surface area contributed by atoms with E-state index in [1.807, 2.05) is 0 Å². The van der Waals surface area contributed by atoms with Crippen LogP contribution in [0.4, 0.5) is 0 Å². The van der Waals surface area contributed by atoms with Gasteiger partial charge in [-0.25, -0.2) is 0 Å². The molecule has 0 radical (unpaired) electrons. The number of ether oxygens (including phenoxy) is 2. The van der Waals surface area contributed by atoms with Gasteiger partial charge >= 0.3 is 5.97 Å². The van der Waals surface area contributed by atoms with Gasteiger partial charge in [0.2, 0.25) is 0 Å². The Morgan fingerprint density at radius 1 is 0.947 bits per heavy atom. The number of esters is 1. The van der Waals surface area contributed by atoms with Gasteiger partial charge in [0, 0.05) is 19.4 Å². The summed E-state index contributed by atoms with van der Waals surface area (Å²) in [6.07, 6.45) is 5.02. The summed E-state index contributed by atoms with van der Waals surface area (Å²) in [5.41, 5.74) is 5.07. The number of Topliss-reactive ketones (excluding diaryl/α,β-unsaturated/α-hetero) is 1. The van der Waals surface area contributed by atoms with E-state index in [9.17, 15) is 9.59 Å². The van der Waals surface area contributed by atoms with Crippen LogP contribution in [0.15, 0.2) is 0 Å². The van der Waals surface area contributed by atoms with Gasteiger partial charge in [-0.3, -0.25) is 9.59 Å². The molecule has 0 saturated heterocycles. The number of hydrogen-bond donors (Lipinski definition) is 2. The normalized spacial score (nSPS) is 10.4. The molecular formula is C13H25NO4S. The summed E-state index contributed by atoms with van der Waals surface area (Å²) in [6, 6.07) is 0. The van der Waals surface area contributed by atoms with E-state index in [-0.39, 0.29) is 18.9 Å². The van der Waals surface area contributed by atoms with Crippen LogP contribution in [-0.4, -0.2) is 43.9 Å². The summed E-state index contributed by atoms with van der Waals surface area (Å²) in [6.45, 7) is 0.972. The molecule has 0 spiro atoms. The van der Waals surface area contributed by atoms with Crippen LogP contribution < -0.4 is 5.73 Å². The molecule has 2 N–H and O–H groups in total. The van der Waals surface area contributed by atoms with E-state index in [1.165, 1.54) is 0 Å². The van der Waals surface area contributed by atoms with E-state index in [0.29, 0.717) is 26.1 Å². The third-order valence-electron chi connectivity index (χ3n) is 2.52. The first-order chi connectivity index (χ1) is 9.20. The minimum absolute atomic E-state index is 0.109. The molecule has 0 bridgehead atoms. The molecule has 0 aliphatic rings. The maximum Gasteiger partial charge on any atom is 0.319 e. The van der Waals surface area contributed by atoms with Gasteiger partial charge in [-0.1, -0.05) is 6.42 Å². The molecule has 0 aromatic rings. The van der Waals surface area contributed by atoms with Crippen LogP contribution in [0, 0.1) is 0 Å². The van der Waals surface area contributed by atoms with Crippen molar-refractivity contribution in [2.24, 2.45) is 5.73 Å². The quantitative estimate of drug-likeness (QED) is 0.304. The molecule has 0 amide bonds. The maximum absolute atomic E-state index is 11.5. The summed E-state index contributed by atoms with van der Waals surface area (Å²) >= 11 is 4.12. The molecule has 0 rings (SSSR count). The average Bonchev–Trinajstić information content (AvgIpc) is 2.42. The lowest BCUT2D eigenvalue weighted by Crippen LogP contribution is -2.19. The van der Waals surface area contributed by atoms with Crippen LogP contribution >= 0.6 is 12.6 Å². The second-order valence-corrected chi connectivity index (χ2v) is 4.66. The van der Waals surface area contributed by atoms with E-state index in [2.05, 4.69) is 12.6 Å². The fourth-order valence-corrected chi connectivity index (χ4v) is 1.71. The summed E-state index contributed by atoms with van der Waals surface area (Å²) in [5.74, 6) is 0.744. The second-order valence-electron chi connectivity index (χ2n) is 4.21. The zero-order valence-corrected chi connectivity index (χ0v) is 12.3. The van der Waals surface area contributed by atoms with Gasteiger partial charge in [-0.05, 0) is 25.0 Å². The molecule has 19 heavy (non-hydrogen) atoms. The zero-order chi connectivity index (χ0) is 14.3. The molecule has 0 atom stereocenters. The topological polar surface area (TPSA) is 78.6 Å². The van der Waals surface area contributed by atoms with Crippen molar-refractivity contribution in [3.63, 3.8) is 0 Å². The lowest BCUT2D eigenvalue weighted by atomic mass is 10.1. The van der Waals surface area contributed by atoms with Gasteiger partial charge in [0.05, 0.1) is 13.2 Å². The highest BCUT2D eigenvalue weighted by molar-refractivity contribution is 7.80. The number of unbranched alkanes of at least 4 members (excludes halogenated alkanes) is 2. The predicted octanol–water partition coefficient (Wildman–Crippen LogP) is 1.34. The Labute approximate surface area is 120 Å². The highest BCUT2D eigenvalue weighted by Crippen LogP contribution is 2.04. The lowest BCUT2D eigenvalue weighted by Gasteiger charge is -2.05. The van der Waals surface area contributed by atoms with Crippen LogP contribution in [-0.2, 0) is 19.1 Å². The van der Waals surface area contributed by atoms with E-state index in [4.69, 9.17) is 15.2 Å². The van der Waals surface area contributed by atoms with Gasteiger partial charge in [0.1, 0.15) is 12.4 Å². The van der Waals surface area contributed by atoms with Gasteiger partial charge in [0.15, 0.2) is 0 Å². The van der Waals surface area contributed by atoms with Crippen LogP contribution in [0.5, 0.6) is 0 Å². The molecule has 0 aliphatic carbocycles. The van der Waals surface area contributed by atoms with Crippen LogP contribution in [0.2, 0.25) is 0 Å². The molecule has 0 fully saturated rings. The fraction of sp³-hybridized carbons (Fsp3) is 0.846. The summed E-state index contributed by atoms with van der Waals surface area (Å²) in [5, 5.41) is 0. The number of rotatable bonds is 13. The minimum Gasteiger partial charge on any atom is -0.462 e. The minimum atomic E-state index is -0.431. The van der Waals surface area contributed by atoms with Crippen molar-refractivity contribution in [2.75, 3.05) is 32.1 Å². The smallest absolute Gasteiger partial charge is 0.319 e. The predicted molar refractivity (Wildman–Crippen MR) is 77.4 cm³/mol. The molecule has 0 aromatic carbocycles. The molecule has 0 heterocycles. The molecule has 112 valence electrons. The van der Waals surface area contributed by atoms with E-state index in [1.54, 1.807) is 0 Å². The maximum atomic E-state index is 11.5. The molecule has 0 aromatic heterocycles. The summed E-state index contributed by atoms with van der Waals surface area (Å²) in [7, 11) is 0. The Balaban J connectivity index is 3.20. The van der Waals surface area contributed by atoms with Gasteiger partial charge in [-0.15, -0.1) is 0 Å². The van der Waals surface area contributed by atoms with Gasteiger partial charge in [0.25, 0.3) is 0 Å². The van der Waals surface area contributed by atoms with E-state index >= 15 is 0 Å². The molecule has 0 aliphatic heterocycles. The van der Waals surface area contributed by atoms with Crippen LogP contribution in [0.25, 0.3) is 0 Å². The van der Waals surface area contributed by atoms with Crippen molar-refractivity contribution in [2.45, 2.75) is 38.5 Å². The molecule has 0 saturated carbocycles. The van der Waals surface area contributed by atoms with Crippen molar-refractivity contribution in [3.05, 3.63) is 0 Å². The largest absolute Gasteiger partial charge is 0.462 e. The number of hydrogen-bond acceptors (Lipinski definition) is 6. The van der Waals surface area contributed by atoms with E-state index in [0.717, 1.165) is 31.4 Å². The summed E-state index contributed by atoms with van der Waals surface area (Å²) in [4.78, 5) is 22.2. The average molecular weight is 291 g/mol. The Bertz CT molecular complexity index is 249. The van der Waals surface area contributed by atoms with Gasteiger partial charge in [-0.2, -0.15) is 12.6 Å². The molecule has 6 heteroatoms. The SMILES string of the molecule is NCC(=O)OCCOCCCC(=O)CCCCCS. The highest BCUT2D eigenvalue weighted by Gasteiger charge is 2.02. The first kappa shape index (κ1) is 18.4. The molecule has 0 unspecified atom stereocenters.